The van der Waals surface area contributed by atoms with Crippen LogP contribution in [0.3, 0.4) is 0 Å². The van der Waals surface area contributed by atoms with E-state index in [1.54, 1.807) is 0 Å². The van der Waals surface area contributed by atoms with Crippen molar-refractivity contribution in [2.75, 3.05) is 21.3 Å². The Bertz CT molecular complexity index is 573. The van der Waals surface area contributed by atoms with Crippen LogP contribution in [0.4, 0.5) is 52.7 Å². The Morgan fingerprint density at radius 1 is 0.548 bits per heavy atom. The molecule has 0 aromatic rings. The summed E-state index contributed by atoms with van der Waals surface area (Å²) in [5.74, 6) is -41.6. The molecule has 0 bridgehead atoms. The summed E-state index contributed by atoms with van der Waals surface area (Å²) < 4.78 is 179. The largest absolute Gasteiger partial charge is 0.506 e. The van der Waals surface area contributed by atoms with E-state index in [4.69, 9.17) is 0 Å². The maximum Gasteiger partial charge on any atom is 0.506 e. The molecular weight excluding hydrogens is 484 g/mol. The van der Waals surface area contributed by atoms with Crippen LogP contribution >= 0.6 is 0 Å². The smallest absolute Gasteiger partial charge is 0.377 e. The molecule has 0 aliphatic rings. The summed E-state index contributed by atoms with van der Waals surface area (Å²) >= 11 is 0. The summed E-state index contributed by atoms with van der Waals surface area (Å²) in [7, 11) is -3.08. The van der Waals surface area contributed by atoms with Crippen LogP contribution in [0, 0.1) is 0 Å². The van der Waals surface area contributed by atoms with Gasteiger partial charge in [0, 0.05) is 27.8 Å². The lowest BCUT2D eigenvalue weighted by Gasteiger charge is -2.42. The van der Waals surface area contributed by atoms with Crippen molar-refractivity contribution in [1.29, 1.82) is 0 Å². The fraction of sp³-hybridized carbons (Fsp3) is 1.00. The highest BCUT2D eigenvalue weighted by Crippen LogP contribution is 2.61. The van der Waals surface area contributed by atoms with Gasteiger partial charge in [-0.25, -0.2) is 0 Å². The molecule has 0 saturated carbocycles. The van der Waals surface area contributed by atoms with Crippen molar-refractivity contribution in [2.45, 2.75) is 74.2 Å². The van der Waals surface area contributed by atoms with Gasteiger partial charge in [-0.2, -0.15) is 52.7 Å². The van der Waals surface area contributed by atoms with E-state index in [1.807, 2.05) is 0 Å². The van der Waals surface area contributed by atoms with E-state index in [2.05, 4.69) is 13.3 Å². The van der Waals surface area contributed by atoms with Crippen molar-refractivity contribution in [3.8, 4) is 0 Å². The second kappa shape index (κ2) is 9.63. The van der Waals surface area contributed by atoms with E-state index in [-0.39, 0.29) is 12.8 Å². The van der Waals surface area contributed by atoms with Crippen LogP contribution in [0.25, 0.3) is 0 Å². The lowest BCUT2D eigenvalue weighted by atomic mass is 9.90. The van der Waals surface area contributed by atoms with E-state index in [0.717, 1.165) is 0 Å². The van der Waals surface area contributed by atoms with Gasteiger partial charge in [0.15, 0.2) is 0 Å². The molecule has 0 aliphatic heterocycles. The maximum atomic E-state index is 14.0. The van der Waals surface area contributed by atoms with Crippen molar-refractivity contribution in [2.24, 2.45) is 0 Å². The molecule has 3 nitrogen and oxygen atoms in total. The van der Waals surface area contributed by atoms with E-state index in [9.17, 15) is 52.7 Å². The van der Waals surface area contributed by atoms with Gasteiger partial charge in [0.05, 0.1) is 6.04 Å². The molecule has 0 rings (SSSR count). The number of alkyl halides is 12. The number of hydrogen-bond acceptors (Lipinski definition) is 3. The Hall–Kier alpha value is -0.743. The molecule has 0 saturated heterocycles. The summed E-state index contributed by atoms with van der Waals surface area (Å²) in [6.07, 6.45) is -2.95. The predicted molar refractivity (Wildman–Crippen MR) is 85.4 cm³/mol. The van der Waals surface area contributed by atoms with Gasteiger partial charge in [-0.15, -0.1) is 0 Å². The Kier molecular flexibility index (Phi) is 9.40. The van der Waals surface area contributed by atoms with Crippen molar-refractivity contribution in [1.82, 2.24) is 0 Å². The minimum Gasteiger partial charge on any atom is -0.377 e. The van der Waals surface area contributed by atoms with Crippen LogP contribution in [0.1, 0.15) is 32.6 Å². The molecule has 0 spiro atoms. The molecule has 0 aliphatic carbocycles. The average molecular weight is 506 g/mol. The van der Waals surface area contributed by atoms with Crippen LogP contribution in [-0.4, -0.2) is 65.7 Å². The zero-order valence-corrected chi connectivity index (χ0v) is 17.8. The third kappa shape index (κ3) is 5.10. The van der Waals surface area contributed by atoms with E-state index < -0.39 is 63.2 Å². The SMILES string of the molecule is CCCCCC(F)(F)C(F)(F)C(F)(F)C(F)(F)C(F)(F)C(F)(F)C[Si](OC)(OC)OC. The first kappa shape index (κ1) is 30.3. The fourth-order valence-electron chi connectivity index (χ4n) is 2.46. The summed E-state index contributed by atoms with van der Waals surface area (Å²) in [6, 6.07) is -2.54. The van der Waals surface area contributed by atoms with Gasteiger partial charge in [0.2, 0.25) is 0 Å². The van der Waals surface area contributed by atoms with Crippen LogP contribution < -0.4 is 0 Å². The van der Waals surface area contributed by atoms with E-state index >= 15 is 0 Å². The minimum absolute atomic E-state index is 0.142. The molecule has 0 aromatic carbocycles. The monoisotopic (exact) mass is 506 g/mol. The predicted octanol–water partition coefficient (Wildman–Crippen LogP) is 6.26. The lowest BCUT2D eigenvalue weighted by Crippen LogP contribution is -2.71. The highest BCUT2D eigenvalue weighted by molar-refractivity contribution is 6.60. The zero-order chi connectivity index (χ0) is 25.2. The Balaban J connectivity index is 6.28. The molecular formula is C15H22F12O3Si. The van der Waals surface area contributed by atoms with Crippen LogP contribution in [-0.2, 0) is 13.3 Å². The molecule has 31 heavy (non-hydrogen) atoms. The number of halogens is 12. The summed E-state index contributed by atoms with van der Waals surface area (Å²) in [5.41, 5.74) is 0. The summed E-state index contributed by atoms with van der Waals surface area (Å²) in [5, 5.41) is 0. The van der Waals surface area contributed by atoms with Crippen LogP contribution in [0.5, 0.6) is 0 Å². The van der Waals surface area contributed by atoms with Gasteiger partial charge in [-0.05, 0) is 6.42 Å². The minimum atomic E-state index is -7.61. The van der Waals surface area contributed by atoms with Gasteiger partial charge in [0.25, 0.3) is 0 Å². The Labute approximate surface area is 171 Å². The summed E-state index contributed by atoms with van der Waals surface area (Å²) in [4.78, 5) is 0. The molecule has 0 unspecified atom stereocenters. The topological polar surface area (TPSA) is 27.7 Å². The van der Waals surface area contributed by atoms with Crippen LogP contribution in [0.15, 0.2) is 0 Å². The molecule has 0 heterocycles. The summed E-state index contributed by atoms with van der Waals surface area (Å²) in [6.45, 7) is 1.41. The fourth-order valence-corrected chi connectivity index (χ4v) is 4.16. The third-order valence-corrected chi connectivity index (χ3v) is 7.31. The standard InChI is InChI=1S/C15H22F12O3Si/c1-5-6-7-8-10(16,17)12(20,21)14(24,25)15(26,27)13(22,23)11(18,19)9-31(28-2,29-3)30-4/h5-9H2,1-4H3. The van der Waals surface area contributed by atoms with Crippen molar-refractivity contribution in [3.05, 3.63) is 0 Å². The van der Waals surface area contributed by atoms with E-state index in [0.29, 0.717) is 21.3 Å². The molecule has 0 atom stereocenters. The Morgan fingerprint density at radius 2 is 0.903 bits per heavy atom. The number of hydrogen-bond donors (Lipinski definition) is 0. The second-order valence-electron chi connectivity index (χ2n) is 6.64. The third-order valence-electron chi connectivity index (χ3n) is 4.57. The van der Waals surface area contributed by atoms with Gasteiger partial charge in [-0.3, -0.25) is 0 Å². The molecule has 188 valence electrons. The van der Waals surface area contributed by atoms with Gasteiger partial charge in [-0.1, -0.05) is 19.8 Å². The molecule has 0 aromatic heterocycles. The molecule has 0 amide bonds. The zero-order valence-electron chi connectivity index (χ0n) is 16.8. The molecule has 0 radical (unpaired) electrons. The first-order valence-electron chi connectivity index (χ1n) is 8.62. The van der Waals surface area contributed by atoms with Crippen molar-refractivity contribution >= 4 is 8.80 Å². The quantitative estimate of drug-likeness (QED) is 0.158. The number of rotatable bonds is 14. The second-order valence-corrected chi connectivity index (χ2v) is 9.58. The van der Waals surface area contributed by atoms with Gasteiger partial charge in [0.1, 0.15) is 0 Å². The van der Waals surface area contributed by atoms with Crippen LogP contribution in [0.2, 0.25) is 6.04 Å². The highest BCUT2D eigenvalue weighted by atomic mass is 28.4. The number of unbranched alkanes of at least 4 members (excludes halogenated alkanes) is 2. The lowest BCUT2D eigenvalue weighted by molar-refractivity contribution is -0.424. The van der Waals surface area contributed by atoms with Gasteiger partial charge < -0.3 is 13.3 Å². The molecule has 16 heteroatoms. The average Bonchev–Trinajstić information content (AvgIpc) is 2.65. The molecule has 0 fully saturated rings. The van der Waals surface area contributed by atoms with E-state index in [1.165, 1.54) is 6.92 Å². The van der Waals surface area contributed by atoms with Crippen molar-refractivity contribution in [3.63, 3.8) is 0 Å². The first-order chi connectivity index (χ1) is 13.7. The van der Waals surface area contributed by atoms with Gasteiger partial charge >= 0.3 is 44.3 Å². The highest BCUT2D eigenvalue weighted by Gasteiger charge is 2.90. The maximum absolute atomic E-state index is 14.0. The first-order valence-corrected chi connectivity index (χ1v) is 10.6. The van der Waals surface area contributed by atoms with Crippen molar-refractivity contribution < 1.29 is 66.0 Å². The molecule has 0 N–H and O–H groups in total. The normalized spacial score (nSPS) is 15.5. The Morgan fingerprint density at radius 3 is 1.23 bits per heavy atom.